The Balaban J connectivity index is 0.000000253. The number of esters is 1. The highest BCUT2D eigenvalue weighted by Gasteiger charge is 2.20. The van der Waals surface area contributed by atoms with E-state index in [-0.39, 0.29) is 16.8 Å². The maximum Gasteiger partial charge on any atom is 0.338 e. The maximum atomic E-state index is 11.8. The molecule has 0 aliphatic rings. The first-order valence-corrected chi connectivity index (χ1v) is 11.7. The summed E-state index contributed by atoms with van der Waals surface area (Å²) in [6, 6.07) is 7.39. The summed E-state index contributed by atoms with van der Waals surface area (Å²) in [5, 5.41) is 4.99. The third-order valence-electron chi connectivity index (χ3n) is 4.08. The van der Waals surface area contributed by atoms with Gasteiger partial charge in [-0.2, -0.15) is 0 Å². The Kier molecular flexibility index (Phi) is 7.76. The normalized spacial score (nSPS) is 11.6. The van der Waals surface area contributed by atoms with Crippen LogP contribution >= 0.6 is 38.6 Å². The van der Waals surface area contributed by atoms with Crippen LogP contribution in [-0.4, -0.2) is 23.0 Å². The molecule has 0 aliphatic carbocycles. The van der Waals surface area contributed by atoms with Gasteiger partial charge in [-0.25, -0.2) is 14.8 Å². The molecule has 0 bridgehead atoms. The van der Waals surface area contributed by atoms with Crippen LogP contribution in [0.1, 0.15) is 63.3 Å². The van der Waals surface area contributed by atoms with E-state index in [0.29, 0.717) is 5.56 Å². The fourth-order valence-corrected chi connectivity index (χ4v) is 4.62. The SMILES string of the molecule is CC(C)(C)c1csc(Br)n1.COC(=O)c1ccccc1-c1nc(C(C)(C)C)cs1. The molecule has 4 nitrogen and oxygen atoms in total. The number of rotatable bonds is 2. The molecule has 0 radical (unpaired) electrons. The van der Waals surface area contributed by atoms with Gasteiger partial charge in [-0.3, -0.25) is 0 Å². The predicted octanol–water partition coefficient (Wildman–Crippen LogP) is 7.10. The molecule has 7 heteroatoms. The van der Waals surface area contributed by atoms with Gasteiger partial charge in [-0.05, 0) is 22.0 Å². The van der Waals surface area contributed by atoms with Crippen LogP contribution in [-0.2, 0) is 15.6 Å². The average Bonchev–Trinajstić information content (AvgIpc) is 3.30. The summed E-state index contributed by atoms with van der Waals surface area (Å²) >= 11 is 6.52. The lowest BCUT2D eigenvalue weighted by Gasteiger charge is -2.14. The third-order valence-corrected chi connectivity index (χ3v) is 6.32. The van der Waals surface area contributed by atoms with Gasteiger partial charge in [-0.1, -0.05) is 59.7 Å². The number of hydrogen-bond acceptors (Lipinski definition) is 6. The molecule has 0 aliphatic heterocycles. The molecule has 0 saturated heterocycles. The van der Waals surface area contributed by atoms with Crippen LogP contribution < -0.4 is 0 Å². The predicted molar refractivity (Wildman–Crippen MR) is 126 cm³/mol. The van der Waals surface area contributed by atoms with Gasteiger partial charge in [0.2, 0.25) is 0 Å². The first-order chi connectivity index (χ1) is 13.4. The van der Waals surface area contributed by atoms with E-state index in [1.54, 1.807) is 28.7 Å². The fourth-order valence-electron chi connectivity index (χ4n) is 2.30. The lowest BCUT2D eigenvalue weighted by molar-refractivity contribution is 0.0601. The standard InChI is InChI=1S/C15H17NO2S.C7H10BrNS/c1-15(2,3)12-9-19-13(16-12)10-7-5-6-8-11(10)14(17)18-4;1-7(2,3)5-4-10-6(8)9-5/h5-9H,1-4H3;4H,1-3H3. The molecular weight excluding hydrogens is 468 g/mol. The van der Waals surface area contributed by atoms with Gasteiger partial charge < -0.3 is 4.74 Å². The number of hydrogen-bond donors (Lipinski definition) is 0. The van der Waals surface area contributed by atoms with Crippen LogP contribution in [0.4, 0.5) is 0 Å². The van der Waals surface area contributed by atoms with Gasteiger partial charge in [0.25, 0.3) is 0 Å². The van der Waals surface area contributed by atoms with E-state index in [1.165, 1.54) is 7.11 Å². The van der Waals surface area contributed by atoms with Crippen LogP contribution in [0.15, 0.2) is 38.9 Å². The Bertz CT molecular complexity index is 966. The molecule has 0 atom stereocenters. The molecule has 0 amide bonds. The molecule has 156 valence electrons. The van der Waals surface area contributed by atoms with Crippen molar-refractivity contribution in [1.82, 2.24) is 9.97 Å². The summed E-state index contributed by atoms with van der Waals surface area (Å²) in [6.45, 7) is 12.9. The van der Waals surface area contributed by atoms with Crippen molar-refractivity contribution in [2.45, 2.75) is 52.4 Å². The van der Waals surface area contributed by atoms with Gasteiger partial charge in [-0.15, -0.1) is 22.7 Å². The van der Waals surface area contributed by atoms with E-state index >= 15 is 0 Å². The number of thiazole rings is 2. The number of ether oxygens (including phenoxy) is 1. The molecular formula is C22H27BrN2O2S2. The summed E-state index contributed by atoms with van der Waals surface area (Å²) in [5.41, 5.74) is 3.77. The summed E-state index contributed by atoms with van der Waals surface area (Å²) < 4.78 is 5.78. The fraction of sp³-hybridized carbons (Fsp3) is 0.409. The number of benzene rings is 1. The lowest BCUT2D eigenvalue weighted by Crippen LogP contribution is -2.11. The van der Waals surface area contributed by atoms with Crippen molar-refractivity contribution in [2.24, 2.45) is 0 Å². The van der Waals surface area contributed by atoms with Crippen LogP contribution in [0.3, 0.4) is 0 Å². The molecule has 2 heterocycles. The molecule has 2 aromatic heterocycles. The zero-order chi connectivity index (χ0) is 21.8. The van der Waals surface area contributed by atoms with Crippen molar-refractivity contribution in [3.8, 4) is 10.6 Å². The van der Waals surface area contributed by atoms with Crippen molar-refractivity contribution in [3.05, 3.63) is 55.9 Å². The van der Waals surface area contributed by atoms with E-state index in [0.717, 1.165) is 25.9 Å². The number of nitrogens with zero attached hydrogens (tertiary/aromatic N) is 2. The largest absolute Gasteiger partial charge is 0.465 e. The Morgan fingerprint density at radius 2 is 1.48 bits per heavy atom. The Morgan fingerprint density at radius 1 is 0.931 bits per heavy atom. The van der Waals surface area contributed by atoms with Crippen LogP contribution in [0.2, 0.25) is 0 Å². The number of aromatic nitrogens is 2. The molecule has 1 aromatic carbocycles. The average molecular weight is 496 g/mol. The monoisotopic (exact) mass is 494 g/mol. The lowest BCUT2D eigenvalue weighted by atomic mass is 9.93. The molecule has 3 aromatic rings. The number of carbonyl (C=O) groups excluding carboxylic acids is 1. The number of halogens is 1. The summed E-state index contributed by atoms with van der Waals surface area (Å²) in [7, 11) is 1.39. The minimum absolute atomic E-state index is 0.00889. The van der Waals surface area contributed by atoms with E-state index in [1.807, 2.05) is 23.6 Å². The summed E-state index contributed by atoms with van der Waals surface area (Å²) in [4.78, 5) is 20.7. The minimum atomic E-state index is -0.330. The number of carbonyl (C=O) groups is 1. The molecule has 0 fully saturated rings. The topological polar surface area (TPSA) is 52.1 Å². The van der Waals surface area contributed by atoms with E-state index in [4.69, 9.17) is 4.74 Å². The smallest absolute Gasteiger partial charge is 0.338 e. The van der Waals surface area contributed by atoms with Gasteiger partial charge in [0.05, 0.1) is 24.1 Å². The van der Waals surface area contributed by atoms with Crippen molar-refractivity contribution in [2.75, 3.05) is 7.11 Å². The molecule has 0 unspecified atom stereocenters. The molecule has 0 saturated carbocycles. The third kappa shape index (κ3) is 6.46. The first-order valence-electron chi connectivity index (χ1n) is 9.18. The van der Waals surface area contributed by atoms with E-state index in [2.05, 4.69) is 72.8 Å². The molecule has 29 heavy (non-hydrogen) atoms. The highest BCUT2D eigenvalue weighted by atomic mass is 79.9. The van der Waals surface area contributed by atoms with Gasteiger partial charge in [0.15, 0.2) is 3.92 Å². The van der Waals surface area contributed by atoms with Crippen LogP contribution in [0, 0.1) is 0 Å². The Morgan fingerprint density at radius 3 is 1.93 bits per heavy atom. The van der Waals surface area contributed by atoms with Crippen LogP contribution in [0.25, 0.3) is 10.6 Å². The highest BCUT2D eigenvalue weighted by molar-refractivity contribution is 9.11. The zero-order valence-corrected chi connectivity index (χ0v) is 21.1. The van der Waals surface area contributed by atoms with Crippen molar-refractivity contribution < 1.29 is 9.53 Å². The second kappa shape index (κ2) is 9.49. The maximum absolute atomic E-state index is 11.8. The van der Waals surface area contributed by atoms with E-state index < -0.39 is 0 Å². The second-order valence-electron chi connectivity index (χ2n) is 8.56. The summed E-state index contributed by atoms with van der Waals surface area (Å²) in [5.74, 6) is -0.330. The van der Waals surface area contributed by atoms with Gasteiger partial charge in [0, 0.05) is 27.2 Å². The minimum Gasteiger partial charge on any atom is -0.465 e. The molecule has 3 rings (SSSR count). The number of methoxy groups -OCH3 is 1. The van der Waals surface area contributed by atoms with E-state index in [9.17, 15) is 4.79 Å². The van der Waals surface area contributed by atoms with Gasteiger partial charge >= 0.3 is 5.97 Å². The Hall–Kier alpha value is -1.57. The molecule has 0 N–H and O–H groups in total. The van der Waals surface area contributed by atoms with Crippen molar-refractivity contribution in [3.63, 3.8) is 0 Å². The highest BCUT2D eigenvalue weighted by Crippen LogP contribution is 2.31. The Labute approximate surface area is 189 Å². The van der Waals surface area contributed by atoms with Gasteiger partial charge in [0.1, 0.15) is 5.01 Å². The second-order valence-corrected chi connectivity index (χ2v) is 11.6. The first kappa shape index (κ1) is 23.7. The van der Waals surface area contributed by atoms with Crippen molar-refractivity contribution in [1.29, 1.82) is 0 Å². The molecule has 0 spiro atoms. The summed E-state index contributed by atoms with van der Waals surface area (Å²) in [6.07, 6.45) is 0. The van der Waals surface area contributed by atoms with Crippen LogP contribution in [0.5, 0.6) is 0 Å². The zero-order valence-electron chi connectivity index (χ0n) is 17.9. The quantitative estimate of drug-likeness (QED) is 0.356. The van der Waals surface area contributed by atoms with Crippen molar-refractivity contribution >= 4 is 44.6 Å².